The molecule has 1 aromatic carbocycles. The third-order valence-electron chi connectivity index (χ3n) is 5.04. The molecule has 0 spiro atoms. The predicted octanol–water partition coefficient (Wildman–Crippen LogP) is 7.53. The van der Waals surface area contributed by atoms with Gasteiger partial charge < -0.3 is 4.74 Å². The number of nitrogens with zero attached hydrogens (tertiary/aromatic N) is 1. The zero-order valence-corrected chi connectivity index (χ0v) is 18.2. The minimum Gasteiger partial charge on any atom is -0.379 e. The van der Waals surface area contributed by atoms with E-state index >= 15 is 0 Å². The lowest BCUT2D eigenvalue weighted by molar-refractivity contribution is 0.0566. The highest BCUT2D eigenvalue weighted by atomic mass is 19.2. The Hall–Kier alpha value is -2.33. The molecule has 0 bridgehead atoms. The van der Waals surface area contributed by atoms with E-state index < -0.39 is 11.6 Å². The van der Waals surface area contributed by atoms with Crippen LogP contribution in [-0.2, 0) is 11.2 Å². The van der Waals surface area contributed by atoms with Gasteiger partial charge in [-0.05, 0) is 56.7 Å². The molecule has 2 nitrogen and oxygen atoms in total. The van der Waals surface area contributed by atoms with Crippen molar-refractivity contribution in [3.63, 3.8) is 0 Å². The molecule has 0 amide bonds. The minimum atomic E-state index is -0.842. The van der Waals surface area contributed by atoms with Crippen LogP contribution in [-0.4, -0.2) is 17.7 Å². The van der Waals surface area contributed by atoms with Crippen LogP contribution < -0.4 is 0 Å². The molecular formula is C26H33F2NO. The van der Waals surface area contributed by atoms with Gasteiger partial charge in [0.25, 0.3) is 0 Å². The number of unbranched alkanes of at least 4 members (excludes halogenated alkanes) is 3. The van der Waals surface area contributed by atoms with Crippen LogP contribution in [0.1, 0.15) is 63.6 Å². The third-order valence-corrected chi connectivity index (χ3v) is 5.04. The maximum Gasteiger partial charge on any atom is 0.166 e. The number of ether oxygens (including phenoxy) is 1. The summed E-state index contributed by atoms with van der Waals surface area (Å²) in [4.78, 5) is 4.36. The van der Waals surface area contributed by atoms with E-state index in [9.17, 15) is 8.78 Å². The third kappa shape index (κ3) is 7.49. The first-order valence-electron chi connectivity index (χ1n) is 10.9. The number of allylic oxidation sites excluding steroid dienone is 2. The lowest BCUT2D eigenvalue weighted by Gasteiger charge is -2.11. The minimum absolute atomic E-state index is 0.219. The predicted molar refractivity (Wildman–Crippen MR) is 121 cm³/mol. The second kappa shape index (κ2) is 13.1. The number of pyridine rings is 1. The molecule has 162 valence electrons. The number of halogens is 2. The lowest BCUT2D eigenvalue weighted by atomic mass is 10.0. The van der Waals surface area contributed by atoms with Gasteiger partial charge in [-0.3, -0.25) is 4.98 Å². The summed E-state index contributed by atoms with van der Waals surface area (Å²) in [5.74, 6) is -1.66. The molecule has 0 radical (unpaired) electrons. The molecule has 30 heavy (non-hydrogen) atoms. The maximum absolute atomic E-state index is 14.4. The van der Waals surface area contributed by atoms with Crippen LogP contribution >= 0.6 is 0 Å². The SMILES string of the molecule is C=CCc1ccc(-c2ccc(/C=C/CCCC(C)OCCCCC)nc2)c(F)c1F. The van der Waals surface area contributed by atoms with E-state index in [-0.39, 0.29) is 5.56 Å². The largest absolute Gasteiger partial charge is 0.379 e. The molecule has 0 N–H and O–H groups in total. The molecule has 0 saturated heterocycles. The normalized spacial score (nSPS) is 12.4. The first-order valence-corrected chi connectivity index (χ1v) is 10.9. The van der Waals surface area contributed by atoms with E-state index in [1.807, 2.05) is 12.1 Å². The fourth-order valence-corrected chi connectivity index (χ4v) is 3.24. The van der Waals surface area contributed by atoms with Gasteiger partial charge >= 0.3 is 0 Å². The Morgan fingerprint density at radius 1 is 1.10 bits per heavy atom. The van der Waals surface area contributed by atoms with Gasteiger partial charge in [0.15, 0.2) is 11.6 Å². The van der Waals surface area contributed by atoms with Crippen molar-refractivity contribution in [1.29, 1.82) is 0 Å². The summed E-state index contributed by atoms with van der Waals surface area (Å²) in [5, 5.41) is 0. The zero-order valence-electron chi connectivity index (χ0n) is 18.2. The van der Waals surface area contributed by atoms with Crippen molar-refractivity contribution < 1.29 is 13.5 Å². The van der Waals surface area contributed by atoms with Gasteiger partial charge in [0.05, 0.1) is 11.8 Å². The number of aromatic nitrogens is 1. The van der Waals surface area contributed by atoms with Crippen molar-refractivity contribution in [3.8, 4) is 11.1 Å². The van der Waals surface area contributed by atoms with Crippen LogP contribution in [0.25, 0.3) is 17.2 Å². The van der Waals surface area contributed by atoms with E-state index in [0.717, 1.165) is 38.0 Å². The standard InChI is InChI=1S/C26H33F2NO/c1-4-6-10-18-30-20(3)12-8-7-9-13-23-16-14-22(19-29-23)24-17-15-21(11-5-2)25(27)26(24)28/h5,9,13-17,19-20H,2,4,6-8,10-12,18H2,1,3H3/b13-9+. The molecule has 0 aliphatic carbocycles. The zero-order chi connectivity index (χ0) is 21.8. The molecule has 4 heteroatoms. The number of hydrogen-bond donors (Lipinski definition) is 0. The number of rotatable bonds is 13. The van der Waals surface area contributed by atoms with Crippen molar-refractivity contribution in [1.82, 2.24) is 4.98 Å². The summed E-state index contributed by atoms with van der Waals surface area (Å²) in [5.41, 5.74) is 1.88. The molecule has 1 aromatic heterocycles. The van der Waals surface area contributed by atoms with E-state index in [4.69, 9.17) is 4.74 Å². The molecule has 1 heterocycles. The highest BCUT2D eigenvalue weighted by molar-refractivity contribution is 5.65. The quantitative estimate of drug-likeness (QED) is 0.250. The Labute approximate surface area is 179 Å². The fourth-order valence-electron chi connectivity index (χ4n) is 3.24. The Bertz CT molecular complexity index is 815. The molecule has 0 aliphatic rings. The Morgan fingerprint density at radius 2 is 1.93 bits per heavy atom. The highest BCUT2D eigenvalue weighted by Crippen LogP contribution is 2.26. The molecule has 1 unspecified atom stereocenters. The highest BCUT2D eigenvalue weighted by Gasteiger charge is 2.14. The van der Waals surface area contributed by atoms with Crippen LogP contribution in [0.15, 0.2) is 49.2 Å². The monoisotopic (exact) mass is 413 g/mol. The van der Waals surface area contributed by atoms with Crippen LogP contribution in [0, 0.1) is 11.6 Å². The summed E-state index contributed by atoms with van der Waals surface area (Å²) in [6.07, 6.45) is 14.4. The number of benzene rings is 1. The molecule has 2 rings (SSSR count). The average molecular weight is 414 g/mol. The van der Waals surface area contributed by atoms with Crippen LogP contribution in [0.2, 0.25) is 0 Å². The maximum atomic E-state index is 14.4. The van der Waals surface area contributed by atoms with Gasteiger partial charge in [0.2, 0.25) is 0 Å². The topological polar surface area (TPSA) is 22.1 Å². The van der Waals surface area contributed by atoms with Gasteiger partial charge in [-0.1, -0.05) is 50.1 Å². The molecular weight excluding hydrogens is 380 g/mol. The van der Waals surface area contributed by atoms with Gasteiger partial charge in [0.1, 0.15) is 0 Å². The van der Waals surface area contributed by atoms with Gasteiger partial charge in [-0.25, -0.2) is 8.78 Å². The first-order chi connectivity index (χ1) is 14.6. The second-order valence-corrected chi connectivity index (χ2v) is 7.59. The molecule has 1 atom stereocenters. The summed E-state index contributed by atoms with van der Waals surface area (Å²) in [6, 6.07) is 6.78. The van der Waals surface area contributed by atoms with Crippen molar-refractivity contribution in [2.24, 2.45) is 0 Å². The molecule has 0 aliphatic heterocycles. The first kappa shape index (κ1) is 23.9. The molecule has 0 saturated carbocycles. The van der Waals surface area contributed by atoms with Crippen molar-refractivity contribution >= 4 is 6.08 Å². The average Bonchev–Trinajstić information content (AvgIpc) is 2.75. The van der Waals surface area contributed by atoms with E-state index in [2.05, 4.69) is 31.5 Å². The van der Waals surface area contributed by atoms with Crippen molar-refractivity contribution in [3.05, 3.63) is 72.1 Å². The van der Waals surface area contributed by atoms with Crippen LogP contribution in [0.5, 0.6) is 0 Å². The van der Waals surface area contributed by atoms with Crippen LogP contribution in [0.4, 0.5) is 8.78 Å². The van der Waals surface area contributed by atoms with Gasteiger partial charge in [-0.15, -0.1) is 6.58 Å². The number of hydrogen-bond acceptors (Lipinski definition) is 2. The lowest BCUT2D eigenvalue weighted by Crippen LogP contribution is -2.08. The van der Waals surface area contributed by atoms with E-state index in [1.54, 1.807) is 30.5 Å². The van der Waals surface area contributed by atoms with Crippen molar-refractivity contribution in [2.45, 2.75) is 64.9 Å². The van der Waals surface area contributed by atoms with E-state index in [1.165, 1.54) is 12.8 Å². The second-order valence-electron chi connectivity index (χ2n) is 7.59. The van der Waals surface area contributed by atoms with Crippen molar-refractivity contribution in [2.75, 3.05) is 6.61 Å². The summed E-state index contributed by atoms with van der Waals surface area (Å²) < 4.78 is 34.3. The summed E-state index contributed by atoms with van der Waals surface area (Å²) in [6.45, 7) is 8.74. The smallest absolute Gasteiger partial charge is 0.166 e. The van der Waals surface area contributed by atoms with Crippen LogP contribution in [0.3, 0.4) is 0 Å². The van der Waals surface area contributed by atoms with E-state index in [0.29, 0.717) is 23.7 Å². The Kier molecular flexibility index (Phi) is 10.4. The molecule has 0 fully saturated rings. The molecule has 2 aromatic rings. The fraction of sp³-hybridized carbons (Fsp3) is 0.423. The van der Waals surface area contributed by atoms with Gasteiger partial charge in [-0.2, -0.15) is 0 Å². The summed E-state index contributed by atoms with van der Waals surface area (Å²) in [7, 11) is 0. The Morgan fingerprint density at radius 3 is 2.63 bits per heavy atom. The summed E-state index contributed by atoms with van der Waals surface area (Å²) >= 11 is 0. The van der Waals surface area contributed by atoms with Gasteiger partial charge in [0, 0.05) is 23.9 Å². The Balaban J connectivity index is 1.83.